The lowest BCUT2D eigenvalue weighted by molar-refractivity contribution is -0.109. The molecule has 0 heterocycles. The maximum Gasteiger partial charge on any atom is 0.534 e. The summed E-state index contributed by atoms with van der Waals surface area (Å²) < 4.78 is 60.5. The molecular formula is C7H7F3O4S. The van der Waals surface area contributed by atoms with Crippen molar-refractivity contribution in [1.82, 2.24) is 0 Å². The van der Waals surface area contributed by atoms with Crippen molar-refractivity contribution >= 4 is 16.4 Å². The van der Waals surface area contributed by atoms with Crippen LogP contribution in [0.4, 0.5) is 13.2 Å². The normalized spacial score (nSPS) is 22.3. The van der Waals surface area contributed by atoms with Gasteiger partial charge in [-0.15, -0.1) is 0 Å². The third-order valence-corrected chi connectivity index (χ3v) is 2.80. The zero-order chi connectivity index (χ0) is 11.7. The molecule has 1 aliphatic carbocycles. The number of carbonyl (C=O) groups excluding carboxylic acids is 1. The third-order valence-electron chi connectivity index (χ3n) is 1.80. The largest absolute Gasteiger partial charge is 0.534 e. The Bertz CT molecular complexity index is 382. The van der Waals surface area contributed by atoms with E-state index in [0.717, 1.165) is 6.08 Å². The molecule has 1 rings (SSSR count). The van der Waals surface area contributed by atoms with Crippen molar-refractivity contribution in [2.75, 3.05) is 0 Å². The van der Waals surface area contributed by atoms with Gasteiger partial charge in [0.05, 0.1) is 0 Å². The second-order valence-electron chi connectivity index (χ2n) is 2.95. The Balaban J connectivity index is 2.76. The van der Waals surface area contributed by atoms with Crippen LogP contribution in [0.15, 0.2) is 11.8 Å². The number of hydrogen-bond donors (Lipinski definition) is 0. The van der Waals surface area contributed by atoms with E-state index in [9.17, 15) is 26.4 Å². The van der Waals surface area contributed by atoms with E-state index in [2.05, 4.69) is 4.18 Å². The standard InChI is InChI=1S/C7H7F3O4S/c8-7(9,10)15(12,13)14-6-2-1-5(3-6)4-11/h3-5H,1-2H2. The van der Waals surface area contributed by atoms with E-state index in [1.165, 1.54) is 0 Å². The van der Waals surface area contributed by atoms with Crippen LogP contribution in [0, 0.1) is 5.92 Å². The minimum Gasteiger partial charge on any atom is -0.381 e. The minimum atomic E-state index is -5.60. The summed E-state index contributed by atoms with van der Waals surface area (Å²) in [7, 11) is -5.60. The van der Waals surface area contributed by atoms with Crippen LogP contribution in [0.3, 0.4) is 0 Å². The number of rotatable bonds is 3. The van der Waals surface area contributed by atoms with Gasteiger partial charge >= 0.3 is 15.6 Å². The SMILES string of the molecule is O=CC1C=C(OS(=O)(=O)C(F)(F)F)CC1. The molecule has 0 saturated heterocycles. The second-order valence-corrected chi connectivity index (χ2v) is 4.49. The van der Waals surface area contributed by atoms with E-state index < -0.39 is 21.5 Å². The Labute approximate surface area is 83.8 Å². The van der Waals surface area contributed by atoms with Crippen molar-refractivity contribution in [3.8, 4) is 0 Å². The van der Waals surface area contributed by atoms with Crippen LogP contribution < -0.4 is 0 Å². The fraction of sp³-hybridized carbons (Fsp3) is 0.571. The zero-order valence-corrected chi connectivity index (χ0v) is 8.14. The topological polar surface area (TPSA) is 60.4 Å². The fourth-order valence-corrected chi connectivity index (χ4v) is 1.59. The van der Waals surface area contributed by atoms with Gasteiger partial charge in [0.1, 0.15) is 12.0 Å². The fourth-order valence-electron chi connectivity index (χ4n) is 1.08. The van der Waals surface area contributed by atoms with Crippen molar-refractivity contribution in [1.29, 1.82) is 0 Å². The highest BCUT2D eigenvalue weighted by Crippen LogP contribution is 2.31. The Kier molecular flexibility index (Phi) is 3.08. The third kappa shape index (κ3) is 2.71. The smallest absolute Gasteiger partial charge is 0.381 e. The molecule has 0 spiro atoms. The van der Waals surface area contributed by atoms with Gasteiger partial charge in [0.2, 0.25) is 0 Å². The van der Waals surface area contributed by atoms with Crippen LogP contribution in [0.5, 0.6) is 0 Å². The maximum absolute atomic E-state index is 11.9. The van der Waals surface area contributed by atoms with Crippen LogP contribution in [-0.2, 0) is 19.1 Å². The number of hydrogen-bond acceptors (Lipinski definition) is 4. The van der Waals surface area contributed by atoms with E-state index in [0.29, 0.717) is 6.29 Å². The van der Waals surface area contributed by atoms with Gasteiger partial charge in [-0.1, -0.05) is 0 Å². The Morgan fingerprint density at radius 3 is 2.47 bits per heavy atom. The molecular weight excluding hydrogens is 237 g/mol. The van der Waals surface area contributed by atoms with E-state index in [4.69, 9.17) is 0 Å². The molecule has 1 unspecified atom stereocenters. The second kappa shape index (κ2) is 3.84. The number of aldehydes is 1. The average Bonchev–Trinajstić information content (AvgIpc) is 2.49. The Morgan fingerprint density at radius 1 is 1.47 bits per heavy atom. The van der Waals surface area contributed by atoms with E-state index in [1.807, 2.05) is 0 Å². The predicted octanol–water partition coefficient (Wildman–Crippen LogP) is 1.35. The molecule has 1 atom stereocenters. The van der Waals surface area contributed by atoms with Gasteiger partial charge in [0, 0.05) is 12.3 Å². The monoisotopic (exact) mass is 244 g/mol. The Morgan fingerprint density at radius 2 is 2.07 bits per heavy atom. The van der Waals surface area contributed by atoms with Crippen LogP contribution >= 0.6 is 0 Å². The Hall–Kier alpha value is -1.05. The number of carbonyl (C=O) groups is 1. The molecule has 4 nitrogen and oxygen atoms in total. The molecule has 0 N–H and O–H groups in total. The van der Waals surface area contributed by atoms with Gasteiger partial charge in [-0.05, 0) is 12.5 Å². The molecule has 0 radical (unpaired) electrons. The summed E-state index contributed by atoms with van der Waals surface area (Å²) in [6.45, 7) is 0. The van der Waals surface area contributed by atoms with Crippen molar-refractivity contribution in [2.24, 2.45) is 5.92 Å². The summed E-state index contributed by atoms with van der Waals surface area (Å²) in [4.78, 5) is 10.2. The quantitative estimate of drug-likeness (QED) is 0.427. The molecule has 1 aliphatic rings. The summed E-state index contributed by atoms with van der Waals surface area (Å²) >= 11 is 0. The van der Waals surface area contributed by atoms with Crippen molar-refractivity contribution in [3.63, 3.8) is 0 Å². The number of alkyl halides is 3. The molecule has 0 aliphatic heterocycles. The van der Waals surface area contributed by atoms with Crippen LogP contribution in [0.1, 0.15) is 12.8 Å². The molecule has 0 saturated carbocycles. The highest BCUT2D eigenvalue weighted by atomic mass is 32.2. The van der Waals surface area contributed by atoms with Gasteiger partial charge in [-0.3, -0.25) is 0 Å². The van der Waals surface area contributed by atoms with Crippen LogP contribution in [-0.4, -0.2) is 20.2 Å². The lowest BCUT2D eigenvalue weighted by Crippen LogP contribution is -2.25. The van der Waals surface area contributed by atoms with Gasteiger partial charge in [-0.2, -0.15) is 21.6 Å². The van der Waals surface area contributed by atoms with E-state index >= 15 is 0 Å². The number of halogens is 3. The van der Waals surface area contributed by atoms with Crippen molar-refractivity contribution in [3.05, 3.63) is 11.8 Å². The lowest BCUT2D eigenvalue weighted by Gasteiger charge is -2.09. The highest BCUT2D eigenvalue weighted by molar-refractivity contribution is 7.87. The lowest BCUT2D eigenvalue weighted by atomic mass is 10.2. The first kappa shape index (κ1) is 12.0. The van der Waals surface area contributed by atoms with Gasteiger partial charge < -0.3 is 8.98 Å². The molecule has 0 aromatic carbocycles. The van der Waals surface area contributed by atoms with Crippen LogP contribution in [0.2, 0.25) is 0 Å². The zero-order valence-electron chi connectivity index (χ0n) is 7.32. The summed E-state index contributed by atoms with van der Waals surface area (Å²) in [5, 5.41) is 0. The first-order valence-electron chi connectivity index (χ1n) is 3.93. The first-order valence-corrected chi connectivity index (χ1v) is 5.34. The molecule has 0 aromatic rings. The van der Waals surface area contributed by atoms with Crippen LogP contribution in [0.25, 0.3) is 0 Å². The molecule has 0 amide bonds. The van der Waals surface area contributed by atoms with Crippen molar-refractivity contribution < 1.29 is 30.6 Å². The average molecular weight is 244 g/mol. The van der Waals surface area contributed by atoms with Gasteiger partial charge in [0.15, 0.2) is 0 Å². The van der Waals surface area contributed by atoms with E-state index in [-0.39, 0.29) is 18.6 Å². The summed E-state index contributed by atoms with van der Waals surface area (Å²) in [6.07, 6.45) is 1.89. The first-order chi connectivity index (χ1) is 6.76. The van der Waals surface area contributed by atoms with E-state index in [1.54, 1.807) is 0 Å². The highest BCUT2D eigenvalue weighted by Gasteiger charge is 2.49. The maximum atomic E-state index is 11.9. The summed E-state index contributed by atoms with van der Waals surface area (Å²) in [5.41, 5.74) is -5.44. The summed E-state index contributed by atoms with van der Waals surface area (Å²) in [5.74, 6) is -0.896. The molecule has 0 fully saturated rings. The molecule has 0 bridgehead atoms. The molecule has 8 heteroatoms. The van der Waals surface area contributed by atoms with Gasteiger partial charge in [-0.25, -0.2) is 0 Å². The predicted molar refractivity (Wildman–Crippen MR) is 42.9 cm³/mol. The summed E-state index contributed by atoms with van der Waals surface area (Å²) in [6, 6.07) is 0. The molecule has 15 heavy (non-hydrogen) atoms. The molecule has 86 valence electrons. The van der Waals surface area contributed by atoms with Crippen molar-refractivity contribution in [2.45, 2.75) is 18.3 Å². The minimum absolute atomic E-state index is 0.0126. The molecule has 0 aromatic heterocycles. The number of allylic oxidation sites excluding steroid dienone is 2. The van der Waals surface area contributed by atoms with Gasteiger partial charge in [0.25, 0.3) is 0 Å².